The number of rotatable bonds is 4. The lowest BCUT2D eigenvalue weighted by Crippen LogP contribution is -2.46. The lowest BCUT2D eigenvalue weighted by Gasteiger charge is -2.24. The van der Waals surface area contributed by atoms with Gasteiger partial charge in [0.1, 0.15) is 12.6 Å². The number of amides is 3. The van der Waals surface area contributed by atoms with Crippen LogP contribution in [-0.4, -0.2) is 43.8 Å². The molecule has 10 heteroatoms. The summed E-state index contributed by atoms with van der Waals surface area (Å²) in [7, 11) is 1.58. The average molecular weight is 435 g/mol. The highest BCUT2D eigenvalue weighted by Gasteiger charge is 2.35. The number of halogens is 3. The van der Waals surface area contributed by atoms with Gasteiger partial charge < -0.3 is 20.3 Å². The van der Waals surface area contributed by atoms with Crippen molar-refractivity contribution in [1.82, 2.24) is 10.6 Å². The molecule has 0 spiro atoms. The maximum Gasteiger partial charge on any atom is 0.408 e. The molecule has 0 saturated heterocycles. The zero-order valence-corrected chi connectivity index (χ0v) is 16.7. The van der Waals surface area contributed by atoms with Crippen LogP contribution in [0.5, 0.6) is 0 Å². The van der Waals surface area contributed by atoms with Gasteiger partial charge in [-0.05, 0) is 24.1 Å². The molecule has 0 aliphatic carbocycles. The molecule has 2 atom stereocenters. The van der Waals surface area contributed by atoms with Crippen LogP contribution in [0.25, 0.3) is 11.1 Å². The zero-order chi connectivity index (χ0) is 22.8. The maximum absolute atomic E-state index is 13.1. The summed E-state index contributed by atoms with van der Waals surface area (Å²) >= 11 is 0. The lowest BCUT2D eigenvalue weighted by molar-refractivity contribution is -0.133. The van der Waals surface area contributed by atoms with Crippen molar-refractivity contribution < 1.29 is 32.3 Å². The molecule has 1 heterocycles. The molecule has 2 aromatic rings. The molecule has 7 nitrogen and oxygen atoms in total. The zero-order valence-electron chi connectivity index (χ0n) is 16.7. The summed E-state index contributed by atoms with van der Waals surface area (Å²) in [6.07, 6.45) is -7.43. The van der Waals surface area contributed by atoms with Crippen LogP contribution < -0.4 is 15.5 Å². The van der Waals surface area contributed by atoms with Crippen molar-refractivity contribution in [2.24, 2.45) is 0 Å². The van der Waals surface area contributed by atoms with Crippen molar-refractivity contribution in [2.75, 3.05) is 18.5 Å². The van der Waals surface area contributed by atoms with E-state index in [4.69, 9.17) is 4.74 Å². The summed E-state index contributed by atoms with van der Waals surface area (Å²) in [4.78, 5) is 38.7. The van der Waals surface area contributed by atoms with Crippen LogP contribution in [-0.2, 0) is 14.3 Å². The van der Waals surface area contributed by atoms with E-state index in [9.17, 15) is 27.6 Å². The molecule has 31 heavy (non-hydrogen) atoms. The van der Waals surface area contributed by atoms with Crippen molar-refractivity contribution in [3.05, 3.63) is 54.1 Å². The van der Waals surface area contributed by atoms with Gasteiger partial charge >= 0.3 is 12.3 Å². The van der Waals surface area contributed by atoms with E-state index >= 15 is 0 Å². The van der Waals surface area contributed by atoms with Gasteiger partial charge in [-0.3, -0.25) is 9.59 Å². The summed E-state index contributed by atoms with van der Waals surface area (Å²) in [6, 6.07) is 13.3. The predicted molar refractivity (Wildman–Crippen MR) is 106 cm³/mol. The van der Waals surface area contributed by atoms with Gasteiger partial charge in [0.2, 0.25) is 0 Å². The number of ether oxygens (including phenoxy) is 1. The molecule has 1 aliphatic heterocycles. The number of carbonyl (C=O) groups is 3. The van der Waals surface area contributed by atoms with Gasteiger partial charge in [-0.1, -0.05) is 42.5 Å². The minimum absolute atomic E-state index is 0.417. The summed E-state index contributed by atoms with van der Waals surface area (Å²) in [5, 5.41) is 4.07. The van der Waals surface area contributed by atoms with Crippen molar-refractivity contribution in [1.29, 1.82) is 0 Å². The number of para-hydroxylation sites is 1. The number of anilines is 1. The molecule has 2 aromatic carbocycles. The lowest BCUT2D eigenvalue weighted by atomic mass is 9.95. The Labute approximate surface area is 176 Å². The molecule has 0 fully saturated rings. The molecule has 0 aromatic heterocycles. The van der Waals surface area contributed by atoms with Crippen LogP contribution >= 0.6 is 0 Å². The van der Waals surface area contributed by atoms with E-state index in [-0.39, 0.29) is 0 Å². The monoisotopic (exact) mass is 435 g/mol. The molecular weight excluding hydrogens is 415 g/mol. The quantitative estimate of drug-likeness (QED) is 0.773. The predicted octanol–water partition coefficient (Wildman–Crippen LogP) is 3.16. The number of likely N-dealkylation sites (N-methyl/N-ethyl adjacent to an activating group) is 1. The van der Waals surface area contributed by atoms with E-state index in [1.54, 1.807) is 37.4 Å². The fourth-order valence-corrected chi connectivity index (χ4v) is 3.26. The van der Waals surface area contributed by atoms with Gasteiger partial charge in [0.15, 0.2) is 6.10 Å². The number of hydrogen-bond donors (Lipinski definition) is 2. The summed E-state index contributed by atoms with van der Waals surface area (Å²) in [6.45, 7) is -0.383. The first-order valence-corrected chi connectivity index (χ1v) is 9.36. The first-order chi connectivity index (χ1) is 14.6. The van der Waals surface area contributed by atoms with Gasteiger partial charge in [0.05, 0.1) is 5.69 Å². The Morgan fingerprint density at radius 3 is 2.39 bits per heavy atom. The van der Waals surface area contributed by atoms with Gasteiger partial charge in [-0.25, -0.2) is 4.79 Å². The van der Waals surface area contributed by atoms with Crippen molar-refractivity contribution in [3.8, 4) is 11.1 Å². The smallest absolute Gasteiger partial charge is 0.408 e. The standard InChI is InChI=1S/C21H20F3N3O4/c1-12(31-20(30)25-11-21(22,23)24)18(28)26-17-15-9-4-3-7-13(15)14-8-5-6-10-16(14)27(2)19(17)29/h3-10,12,17H,11H2,1-2H3,(H,25,30)(H,26,28)/t12-,17-/m0/s1. The number of carbonyl (C=O) groups excluding carboxylic acids is 3. The van der Waals surface area contributed by atoms with Gasteiger partial charge in [0.25, 0.3) is 11.8 Å². The third-order valence-electron chi connectivity index (χ3n) is 4.78. The fourth-order valence-electron chi connectivity index (χ4n) is 3.26. The van der Waals surface area contributed by atoms with Crippen LogP contribution in [0.15, 0.2) is 48.5 Å². The SMILES string of the molecule is C[C@H](OC(=O)NCC(F)(F)F)C(=O)N[C@@H]1C(=O)N(C)c2ccccc2-c2ccccc21. The van der Waals surface area contributed by atoms with Crippen LogP contribution in [0.2, 0.25) is 0 Å². The summed E-state index contributed by atoms with van der Waals surface area (Å²) in [5.74, 6) is -1.24. The molecule has 3 amide bonds. The van der Waals surface area contributed by atoms with Gasteiger partial charge in [-0.2, -0.15) is 13.2 Å². The number of hydrogen-bond acceptors (Lipinski definition) is 4. The number of fused-ring (bicyclic) bond motifs is 3. The van der Waals surface area contributed by atoms with E-state index in [2.05, 4.69) is 5.32 Å². The first kappa shape index (κ1) is 22.1. The van der Waals surface area contributed by atoms with Crippen LogP contribution in [0.1, 0.15) is 18.5 Å². The average Bonchev–Trinajstić information content (AvgIpc) is 2.82. The van der Waals surface area contributed by atoms with Crippen molar-refractivity contribution in [3.63, 3.8) is 0 Å². The molecule has 164 valence electrons. The largest absolute Gasteiger partial charge is 0.436 e. The highest BCUT2D eigenvalue weighted by atomic mass is 19.4. The number of benzene rings is 2. The molecule has 0 bridgehead atoms. The Bertz CT molecular complexity index is 1010. The molecule has 0 saturated carbocycles. The maximum atomic E-state index is 13.1. The highest BCUT2D eigenvalue weighted by molar-refractivity contribution is 6.06. The topological polar surface area (TPSA) is 87.7 Å². The van der Waals surface area contributed by atoms with E-state index in [0.717, 1.165) is 11.1 Å². The third-order valence-corrected chi connectivity index (χ3v) is 4.78. The van der Waals surface area contributed by atoms with Gasteiger partial charge in [-0.15, -0.1) is 0 Å². The van der Waals surface area contributed by atoms with Crippen molar-refractivity contribution >= 4 is 23.6 Å². The number of alkyl carbamates (subject to hydrolysis) is 1. The van der Waals surface area contributed by atoms with E-state index in [1.807, 2.05) is 18.2 Å². The minimum Gasteiger partial charge on any atom is -0.436 e. The second-order valence-electron chi connectivity index (χ2n) is 6.96. The Hall–Kier alpha value is -3.56. The number of nitrogens with one attached hydrogen (secondary N) is 2. The number of nitrogens with zero attached hydrogens (tertiary/aromatic N) is 1. The molecule has 2 N–H and O–H groups in total. The molecule has 1 aliphatic rings. The normalized spacial score (nSPS) is 16.5. The first-order valence-electron chi connectivity index (χ1n) is 9.36. The Morgan fingerprint density at radius 2 is 1.71 bits per heavy atom. The Kier molecular flexibility index (Phi) is 6.19. The Morgan fingerprint density at radius 1 is 1.10 bits per heavy atom. The van der Waals surface area contributed by atoms with Crippen LogP contribution in [0.4, 0.5) is 23.7 Å². The van der Waals surface area contributed by atoms with Crippen LogP contribution in [0, 0.1) is 0 Å². The molecule has 0 unspecified atom stereocenters. The van der Waals surface area contributed by atoms with Crippen LogP contribution in [0.3, 0.4) is 0 Å². The number of alkyl halides is 3. The second-order valence-corrected chi connectivity index (χ2v) is 6.96. The summed E-state index contributed by atoms with van der Waals surface area (Å²) < 4.78 is 41.3. The molecule has 3 rings (SSSR count). The minimum atomic E-state index is -4.61. The highest BCUT2D eigenvalue weighted by Crippen LogP contribution is 2.39. The van der Waals surface area contributed by atoms with E-state index in [1.165, 1.54) is 17.1 Å². The third kappa shape index (κ3) is 4.96. The fraction of sp³-hybridized carbons (Fsp3) is 0.286. The Balaban J connectivity index is 1.80. The van der Waals surface area contributed by atoms with E-state index < -0.39 is 42.8 Å². The summed E-state index contributed by atoms with van der Waals surface area (Å²) in [5.41, 5.74) is 2.76. The molecular formula is C21H20F3N3O4. The van der Waals surface area contributed by atoms with Crippen molar-refractivity contribution in [2.45, 2.75) is 25.2 Å². The molecule has 0 radical (unpaired) electrons. The van der Waals surface area contributed by atoms with E-state index in [0.29, 0.717) is 11.3 Å². The van der Waals surface area contributed by atoms with Gasteiger partial charge in [0, 0.05) is 12.6 Å². The second kappa shape index (κ2) is 8.66.